The van der Waals surface area contributed by atoms with Gasteiger partial charge < -0.3 is 14.8 Å². The second-order valence-corrected chi connectivity index (χ2v) is 7.66. The first-order valence-electron chi connectivity index (χ1n) is 8.00. The van der Waals surface area contributed by atoms with Gasteiger partial charge in [-0.1, -0.05) is 23.9 Å². The molecule has 0 aliphatic rings. The molecule has 27 heavy (non-hydrogen) atoms. The molecular weight excluding hydrogens is 398 g/mol. The molecule has 0 saturated heterocycles. The molecule has 0 bridgehead atoms. The lowest BCUT2D eigenvalue weighted by atomic mass is 10.3. The monoisotopic (exact) mass is 416 g/mol. The van der Waals surface area contributed by atoms with E-state index < -0.39 is 11.9 Å². The molecule has 1 aromatic heterocycles. The van der Waals surface area contributed by atoms with E-state index >= 15 is 0 Å². The number of hydrogen-bond donors (Lipinski definition) is 1. The maximum absolute atomic E-state index is 12.4. The van der Waals surface area contributed by atoms with Crippen molar-refractivity contribution < 1.29 is 27.8 Å². The van der Waals surface area contributed by atoms with E-state index in [0.29, 0.717) is 16.6 Å². The number of aromatic nitrogens is 1. The van der Waals surface area contributed by atoms with Gasteiger partial charge in [-0.3, -0.25) is 9.59 Å². The summed E-state index contributed by atoms with van der Waals surface area (Å²) in [6.07, 6.45) is 0.0732. The van der Waals surface area contributed by atoms with Gasteiger partial charge in [-0.2, -0.15) is 8.78 Å². The van der Waals surface area contributed by atoms with Gasteiger partial charge in [0.05, 0.1) is 29.7 Å². The number of thiazole rings is 1. The SMILES string of the molecule is CCOC(=O)Cc1csc(S[C@H](C)C(=O)Nc2ccccc2OC(F)F)n1. The summed E-state index contributed by atoms with van der Waals surface area (Å²) in [7, 11) is 0. The Balaban J connectivity index is 1.95. The zero-order chi connectivity index (χ0) is 19.8. The molecule has 1 amide bonds. The van der Waals surface area contributed by atoms with E-state index in [1.54, 1.807) is 25.3 Å². The minimum atomic E-state index is -2.98. The van der Waals surface area contributed by atoms with Crippen LogP contribution in [-0.2, 0) is 20.7 Å². The van der Waals surface area contributed by atoms with Crippen molar-refractivity contribution in [3.05, 3.63) is 35.3 Å². The summed E-state index contributed by atoms with van der Waals surface area (Å²) >= 11 is 2.52. The third-order valence-corrected chi connectivity index (χ3v) is 5.29. The van der Waals surface area contributed by atoms with Crippen molar-refractivity contribution >= 4 is 40.7 Å². The summed E-state index contributed by atoms with van der Waals surface area (Å²) in [6.45, 7) is 0.718. The predicted octanol–water partition coefficient (Wildman–Crippen LogP) is 3.97. The molecule has 1 atom stereocenters. The van der Waals surface area contributed by atoms with Crippen molar-refractivity contribution in [1.82, 2.24) is 4.98 Å². The highest BCUT2D eigenvalue weighted by Gasteiger charge is 2.19. The zero-order valence-electron chi connectivity index (χ0n) is 14.6. The Bertz CT molecular complexity index is 786. The van der Waals surface area contributed by atoms with E-state index in [1.807, 2.05) is 0 Å². The van der Waals surface area contributed by atoms with Crippen LogP contribution in [0.2, 0.25) is 0 Å². The number of anilines is 1. The molecule has 0 saturated carbocycles. The second kappa shape index (κ2) is 10.2. The van der Waals surface area contributed by atoms with Gasteiger partial charge in [0.15, 0.2) is 4.34 Å². The van der Waals surface area contributed by atoms with Gasteiger partial charge in [0.25, 0.3) is 0 Å². The van der Waals surface area contributed by atoms with E-state index in [-0.39, 0.29) is 29.7 Å². The van der Waals surface area contributed by atoms with E-state index in [2.05, 4.69) is 15.0 Å². The van der Waals surface area contributed by atoms with Crippen molar-refractivity contribution in [2.24, 2.45) is 0 Å². The van der Waals surface area contributed by atoms with Crippen molar-refractivity contribution in [1.29, 1.82) is 0 Å². The summed E-state index contributed by atoms with van der Waals surface area (Å²) in [5, 5.41) is 3.77. The lowest BCUT2D eigenvalue weighted by Gasteiger charge is -2.14. The fourth-order valence-corrected chi connectivity index (χ4v) is 3.97. The fraction of sp³-hybridized carbons (Fsp3) is 0.353. The summed E-state index contributed by atoms with van der Waals surface area (Å²) < 4.78 is 34.8. The Morgan fingerprint density at radius 1 is 1.33 bits per heavy atom. The van der Waals surface area contributed by atoms with Crippen LogP contribution in [0, 0.1) is 0 Å². The van der Waals surface area contributed by atoms with Gasteiger partial charge in [0.2, 0.25) is 5.91 Å². The molecule has 0 aliphatic carbocycles. The number of esters is 1. The molecule has 146 valence electrons. The summed E-state index contributed by atoms with van der Waals surface area (Å²) in [5.74, 6) is -0.850. The van der Waals surface area contributed by atoms with Crippen molar-refractivity contribution in [2.75, 3.05) is 11.9 Å². The van der Waals surface area contributed by atoms with Gasteiger partial charge in [-0.25, -0.2) is 4.98 Å². The number of carbonyl (C=O) groups excluding carboxylic acids is 2. The molecule has 1 heterocycles. The number of rotatable bonds is 9. The van der Waals surface area contributed by atoms with Gasteiger partial charge in [-0.15, -0.1) is 11.3 Å². The smallest absolute Gasteiger partial charge is 0.387 e. The largest absolute Gasteiger partial charge is 0.466 e. The Kier molecular flexibility index (Phi) is 7.99. The Morgan fingerprint density at radius 3 is 2.78 bits per heavy atom. The van der Waals surface area contributed by atoms with Crippen LogP contribution in [0.5, 0.6) is 5.75 Å². The standard InChI is InChI=1S/C17H18F2N2O4S2/c1-3-24-14(22)8-11-9-26-17(20-11)27-10(2)15(23)21-12-6-4-5-7-13(12)25-16(18)19/h4-7,9-10,16H,3,8H2,1-2H3,(H,21,23)/t10-/m1/s1. The maximum atomic E-state index is 12.4. The van der Waals surface area contributed by atoms with Crippen LogP contribution in [0.4, 0.5) is 14.5 Å². The Morgan fingerprint density at radius 2 is 2.07 bits per heavy atom. The molecule has 0 radical (unpaired) electrons. The van der Waals surface area contributed by atoms with Gasteiger partial charge in [0, 0.05) is 5.38 Å². The number of thioether (sulfide) groups is 1. The minimum absolute atomic E-state index is 0.0732. The maximum Gasteiger partial charge on any atom is 0.387 e. The number of amides is 1. The normalized spacial score (nSPS) is 11.9. The molecule has 0 unspecified atom stereocenters. The molecular formula is C17H18F2N2O4S2. The first kappa shape index (κ1) is 21.1. The van der Waals surface area contributed by atoms with Gasteiger partial charge >= 0.3 is 12.6 Å². The quantitative estimate of drug-likeness (QED) is 0.492. The summed E-state index contributed by atoms with van der Waals surface area (Å²) in [6, 6.07) is 5.97. The highest BCUT2D eigenvalue weighted by Crippen LogP contribution is 2.30. The lowest BCUT2D eigenvalue weighted by molar-refractivity contribution is -0.142. The van der Waals surface area contributed by atoms with Crippen LogP contribution in [0.25, 0.3) is 0 Å². The minimum Gasteiger partial charge on any atom is -0.466 e. The highest BCUT2D eigenvalue weighted by atomic mass is 32.2. The van der Waals surface area contributed by atoms with Crippen LogP contribution in [0.15, 0.2) is 34.0 Å². The lowest BCUT2D eigenvalue weighted by Crippen LogP contribution is -2.23. The van der Waals surface area contributed by atoms with Crippen LogP contribution < -0.4 is 10.1 Å². The average molecular weight is 416 g/mol. The Labute approximate surface area is 163 Å². The fourth-order valence-electron chi connectivity index (χ4n) is 1.99. The molecule has 2 aromatic rings. The third-order valence-electron chi connectivity index (χ3n) is 3.17. The first-order chi connectivity index (χ1) is 12.9. The molecule has 0 fully saturated rings. The van der Waals surface area contributed by atoms with Crippen LogP contribution >= 0.6 is 23.1 Å². The van der Waals surface area contributed by atoms with Crippen molar-refractivity contribution in [3.8, 4) is 5.75 Å². The van der Waals surface area contributed by atoms with E-state index in [4.69, 9.17) is 4.74 Å². The summed E-state index contributed by atoms with van der Waals surface area (Å²) in [5.41, 5.74) is 0.738. The molecule has 1 N–H and O–H groups in total. The molecule has 2 rings (SSSR count). The molecule has 6 nitrogen and oxygen atoms in total. The van der Waals surface area contributed by atoms with Crippen LogP contribution in [-0.4, -0.2) is 35.3 Å². The van der Waals surface area contributed by atoms with E-state index in [0.717, 1.165) is 0 Å². The second-order valence-electron chi connectivity index (χ2n) is 5.21. The van der Waals surface area contributed by atoms with Crippen LogP contribution in [0.1, 0.15) is 19.5 Å². The number of nitrogens with zero attached hydrogens (tertiary/aromatic N) is 1. The van der Waals surface area contributed by atoms with E-state index in [9.17, 15) is 18.4 Å². The van der Waals surface area contributed by atoms with Gasteiger partial charge in [-0.05, 0) is 26.0 Å². The zero-order valence-corrected chi connectivity index (χ0v) is 16.2. The number of ether oxygens (including phenoxy) is 2. The number of alkyl halides is 2. The van der Waals surface area contributed by atoms with Gasteiger partial charge in [0.1, 0.15) is 5.75 Å². The predicted molar refractivity (Wildman–Crippen MR) is 99.5 cm³/mol. The molecule has 1 aromatic carbocycles. The number of nitrogens with one attached hydrogen (secondary N) is 1. The molecule has 10 heteroatoms. The number of halogens is 2. The first-order valence-corrected chi connectivity index (χ1v) is 9.76. The van der Waals surface area contributed by atoms with Crippen LogP contribution in [0.3, 0.4) is 0 Å². The topological polar surface area (TPSA) is 77.5 Å². The van der Waals surface area contributed by atoms with E-state index in [1.165, 1.54) is 41.3 Å². The number of carbonyl (C=O) groups is 2. The number of para-hydroxylation sites is 2. The van der Waals surface area contributed by atoms with Crippen molar-refractivity contribution in [3.63, 3.8) is 0 Å². The summed E-state index contributed by atoms with van der Waals surface area (Å²) in [4.78, 5) is 28.1. The molecule has 0 aliphatic heterocycles. The Hall–Kier alpha value is -2.20. The molecule has 0 spiro atoms. The van der Waals surface area contributed by atoms with Crippen molar-refractivity contribution in [2.45, 2.75) is 36.5 Å². The number of hydrogen-bond acceptors (Lipinski definition) is 7. The number of benzene rings is 1. The average Bonchev–Trinajstić information content (AvgIpc) is 3.03. The third kappa shape index (κ3) is 6.79. The highest BCUT2D eigenvalue weighted by molar-refractivity contribution is 8.02.